The molecule has 0 fully saturated rings. The van der Waals surface area contributed by atoms with Crippen LogP contribution >= 0.6 is 0 Å². The number of aryl methyl sites for hydroxylation is 2. The summed E-state index contributed by atoms with van der Waals surface area (Å²) in [6, 6.07) is 1.46. The van der Waals surface area contributed by atoms with Gasteiger partial charge in [0.25, 0.3) is 11.5 Å². The van der Waals surface area contributed by atoms with Gasteiger partial charge in [0.15, 0.2) is 0 Å². The minimum atomic E-state index is -0.169. The second-order valence-electron chi connectivity index (χ2n) is 5.89. The lowest BCUT2D eigenvalue weighted by Crippen LogP contribution is -2.28. The van der Waals surface area contributed by atoms with Crippen LogP contribution in [0.2, 0.25) is 0 Å². The first kappa shape index (κ1) is 15.5. The standard InChI is InChI=1S/C16H21N5O2/c1-10-18-12(9-14(22)19-10)6-7-17-16(23)15-13-5-3-4-8-21(13)11(2)20-15/h9H,3-8H2,1-2H3,(H,17,23)(H,18,19,22). The van der Waals surface area contributed by atoms with Crippen molar-refractivity contribution < 1.29 is 4.79 Å². The van der Waals surface area contributed by atoms with Crippen molar-refractivity contribution in [1.29, 1.82) is 0 Å². The molecule has 1 amide bonds. The Labute approximate surface area is 134 Å². The van der Waals surface area contributed by atoms with E-state index in [1.54, 1.807) is 6.92 Å². The lowest BCUT2D eigenvalue weighted by atomic mass is 10.1. The molecule has 0 aliphatic carbocycles. The number of carbonyl (C=O) groups is 1. The average molecular weight is 315 g/mol. The van der Waals surface area contributed by atoms with E-state index >= 15 is 0 Å². The number of nitrogens with one attached hydrogen (secondary N) is 2. The maximum Gasteiger partial charge on any atom is 0.271 e. The molecular formula is C16H21N5O2. The molecule has 2 aromatic heterocycles. The van der Waals surface area contributed by atoms with E-state index in [0.717, 1.165) is 37.3 Å². The summed E-state index contributed by atoms with van der Waals surface area (Å²) in [5.74, 6) is 1.33. The lowest BCUT2D eigenvalue weighted by Gasteiger charge is -2.16. The number of hydrogen-bond acceptors (Lipinski definition) is 4. The highest BCUT2D eigenvalue weighted by atomic mass is 16.2. The van der Waals surface area contributed by atoms with Gasteiger partial charge in [-0.25, -0.2) is 9.97 Å². The zero-order valence-electron chi connectivity index (χ0n) is 13.5. The Bertz CT molecular complexity index is 790. The van der Waals surface area contributed by atoms with Crippen LogP contribution in [0.1, 0.15) is 46.4 Å². The summed E-state index contributed by atoms with van der Waals surface area (Å²) in [5, 5.41) is 2.88. The smallest absolute Gasteiger partial charge is 0.271 e. The lowest BCUT2D eigenvalue weighted by molar-refractivity contribution is 0.0948. The van der Waals surface area contributed by atoms with Crippen molar-refractivity contribution >= 4 is 5.91 Å². The van der Waals surface area contributed by atoms with Crippen LogP contribution in [0.4, 0.5) is 0 Å². The molecule has 0 bridgehead atoms. The monoisotopic (exact) mass is 315 g/mol. The highest BCUT2D eigenvalue weighted by Crippen LogP contribution is 2.20. The number of imidazole rings is 1. The molecule has 0 radical (unpaired) electrons. The van der Waals surface area contributed by atoms with Gasteiger partial charge in [0.1, 0.15) is 17.3 Å². The number of carbonyl (C=O) groups excluding carboxylic acids is 1. The van der Waals surface area contributed by atoms with Gasteiger partial charge in [-0.3, -0.25) is 9.59 Å². The number of aromatic amines is 1. The van der Waals surface area contributed by atoms with Crippen LogP contribution in [-0.4, -0.2) is 32.0 Å². The van der Waals surface area contributed by atoms with Gasteiger partial charge in [-0.1, -0.05) is 0 Å². The van der Waals surface area contributed by atoms with Gasteiger partial charge in [-0.05, 0) is 33.1 Å². The summed E-state index contributed by atoms with van der Waals surface area (Å²) in [7, 11) is 0. The maximum absolute atomic E-state index is 12.4. The third-order valence-electron chi connectivity index (χ3n) is 4.10. The average Bonchev–Trinajstić information content (AvgIpc) is 2.84. The van der Waals surface area contributed by atoms with E-state index in [9.17, 15) is 9.59 Å². The number of aromatic nitrogens is 4. The van der Waals surface area contributed by atoms with Crippen molar-refractivity contribution in [2.75, 3.05) is 6.54 Å². The second-order valence-corrected chi connectivity index (χ2v) is 5.89. The van der Waals surface area contributed by atoms with Crippen LogP contribution in [0.15, 0.2) is 10.9 Å². The molecule has 2 N–H and O–H groups in total. The highest BCUT2D eigenvalue weighted by molar-refractivity contribution is 5.93. The topological polar surface area (TPSA) is 92.7 Å². The Kier molecular flexibility index (Phi) is 4.27. The number of hydrogen-bond donors (Lipinski definition) is 2. The van der Waals surface area contributed by atoms with Gasteiger partial charge < -0.3 is 14.9 Å². The number of fused-ring (bicyclic) bond motifs is 1. The maximum atomic E-state index is 12.4. The summed E-state index contributed by atoms with van der Waals surface area (Å²) < 4.78 is 2.14. The fourth-order valence-electron chi connectivity index (χ4n) is 3.06. The fraction of sp³-hybridized carbons (Fsp3) is 0.500. The van der Waals surface area contributed by atoms with Crippen molar-refractivity contribution in [1.82, 2.24) is 24.8 Å². The zero-order valence-corrected chi connectivity index (χ0v) is 13.5. The summed E-state index contributed by atoms with van der Waals surface area (Å²) >= 11 is 0. The predicted molar refractivity (Wildman–Crippen MR) is 85.5 cm³/mol. The molecule has 0 saturated heterocycles. The Morgan fingerprint density at radius 1 is 1.35 bits per heavy atom. The van der Waals surface area contributed by atoms with Crippen LogP contribution in [0.5, 0.6) is 0 Å². The molecule has 23 heavy (non-hydrogen) atoms. The summed E-state index contributed by atoms with van der Waals surface area (Å²) in [6.07, 6.45) is 3.66. The van der Waals surface area contributed by atoms with Crippen LogP contribution in [0.25, 0.3) is 0 Å². The molecular weight excluding hydrogens is 294 g/mol. The van der Waals surface area contributed by atoms with E-state index in [0.29, 0.717) is 30.2 Å². The first-order valence-electron chi connectivity index (χ1n) is 7.95. The van der Waals surface area contributed by atoms with Crippen molar-refractivity contribution in [2.24, 2.45) is 0 Å². The molecule has 7 heteroatoms. The first-order valence-corrected chi connectivity index (χ1v) is 7.95. The zero-order chi connectivity index (χ0) is 16.4. The van der Waals surface area contributed by atoms with Gasteiger partial charge in [0, 0.05) is 31.3 Å². The Morgan fingerprint density at radius 3 is 2.96 bits per heavy atom. The SMILES string of the molecule is Cc1nc(CCNC(=O)c2nc(C)n3c2CCCC3)cc(=O)[nH]1. The third kappa shape index (κ3) is 3.33. The minimum Gasteiger partial charge on any atom is -0.350 e. The van der Waals surface area contributed by atoms with E-state index in [4.69, 9.17) is 0 Å². The van der Waals surface area contributed by atoms with Crippen LogP contribution in [0, 0.1) is 13.8 Å². The molecule has 3 rings (SSSR count). The molecule has 2 aromatic rings. The number of H-pyrrole nitrogens is 1. The molecule has 0 aromatic carbocycles. The van der Waals surface area contributed by atoms with Gasteiger partial charge in [0.05, 0.1) is 5.69 Å². The molecule has 0 unspecified atom stereocenters. The first-order chi connectivity index (χ1) is 11.0. The summed E-state index contributed by atoms with van der Waals surface area (Å²) in [6.45, 7) is 5.05. The largest absolute Gasteiger partial charge is 0.350 e. The number of amides is 1. The van der Waals surface area contributed by atoms with Gasteiger partial charge >= 0.3 is 0 Å². The van der Waals surface area contributed by atoms with Crippen molar-refractivity contribution in [3.63, 3.8) is 0 Å². The normalized spacial score (nSPS) is 13.7. The van der Waals surface area contributed by atoms with Crippen LogP contribution in [-0.2, 0) is 19.4 Å². The van der Waals surface area contributed by atoms with Crippen LogP contribution < -0.4 is 10.9 Å². The fourth-order valence-corrected chi connectivity index (χ4v) is 3.06. The predicted octanol–water partition coefficient (Wildman–Crippen LogP) is 0.892. The summed E-state index contributed by atoms with van der Waals surface area (Å²) in [4.78, 5) is 35.1. The van der Waals surface area contributed by atoms with E-state index in [-0.39, 0.29) is 11.5 Å². The highest BCUT2D eigenvalue weighted by Gasteiger charge is 2.22. The van der Waals surface area contributed by atoms with E-state index < -0.39 is 0 Å². The molecule has 0 spiro atoms. The number of rotatable bonds is 4. The molecule has 0 atom stereocenters. The quantitative estimate of drug-likeness (QED) is 0.876. The third-order valence-corrected chi connectivity index (χ3v) is 4.10. The molecule has 1 aliphatic rings. The Balaban J connectivity index is 1.65. The number of nitrogens with zero attached hydrogens (tertiary/aromatic N) is 3. The Hall–Kier alpha value is -2.44. The van der Waals surface area contributed by atoms with Crippen LogP contribution in [0.3, 0.4) is 0 Å². The van der Waals surface area contributed by atoms with Gasteiger partial charge in [-0.15, -0.1) is 0 Å². The minimum absolute atomic E-state index is 0.148. The molecule has 1 aliphatic heterocycles. The van der Waals surface area contributed by atoms with E-state index in [2.05, 4.69) is 24.8 Å². The Morgan fingerprint density at radius 2 is 2.17 bits per heavy atom. The molecule has 122 valence electrons. The summed E-state index contributed by atoms with van der Waals surface area (Å²) in [5.41, 5.74) is 2.08. The van der Waals surface area contributed by atoms with Crippen molar-refractivity contribution in [3.05, 3.63) is 45.2 Å². The van der Waals surface area contributed by atoms with E-state index in [1.165, 1.54) is 6.07 Å². The van der Waals surface area contributed by atoms with Crippen molar-refractivity contribution in [2.45, 2.75) is 46.1 Å². The van der Waals surface area contributed by atoms with Crippen molar-refractivity contribution in [3.8, 4) is 0 Å². The molecule has 7 nitrogen and oxygen atoms in total. The second kappa shape index (κ2) is 6.36. The van der Waals surface area contributed by atoms with E-state index in [1.807, 2.05) is 6.92 Å². The molecule has 3 heterocycles. The van der Waals surface area contributed by atoms with Gasteiger partial charge in [0.2, 0.25) is 0 Å². The molecule has 0 saturated carbocycles. The van der Waals surface area contributed by atoms with Gasteiger partial charge in [-0.2, -0.15) is 0 Å².